The summed E-state index contributed by atoms with van der Waals surface area (Å²) in [5.74, 6) is -0.537. The number of anilines is 1. The van der Waals surface area contributed by atoms with Crippen molar-refractivity contribution in [1.29, 1.82) is 0 Å². The van der Waals surface area contributed by atoms with E-state index < -0.39 is 22.0 Å². The molecule has 3 amide bonds. The molecule has 40 heavy (non-hydrogen) atoms. The minimum absolute atomic E-state index is 0.103. The van der Waals surface area contributed by atoms with Gasteiger partial charge in [-0.3, -0.25) is 9.59 Å². The van der Waals surface area contributed by atoms with Crippen LogP contribution in [0.25, 0.3) is 0 Å². The number of nitrogens with one attached hydrogen (secondary N) is 1. The third-order valence-corrected chi connectivity index (χ3v) is 10.3. The second kappa shape index (κ2) is 13.1. The second-order valence-corrected chi connectivity index (χ2v) is 13.2. The van der Waals surface area contributed by atoms with Crippen molar-refractivity contribution >= 4 is 44.3 Å². The Morgan fingerprint density at radius 3 is 2.38 bits per heavy atom. The Morgan fingerprint density at radius 1 is 1.02 bits per heavy atom. The first-order valence-corrected chi connectivity index (χ1v) is 16.2. The molecule has 2 aliphatic rings. The van der Waals surface area contributed by atoms with Crippen LogP contribution in [0, 0.1) is 0 Å². The molecule has 0 unspecified atom stereocenters. The summed E-state index contributed by atoms with van der Waals surface area (Å²) in [5.41, 5.74) is 1.65. The van der Waals surface area contributed by atoms with Crippen LogP contribution >= 0.6 is 11.3 Å². The van der Waals surface area contributed by atoms with Crippen molar-refractivity contribution < 1.29 is 27.5 Å². The van der Waals surface area contributed by atoms with Crippen LogP contribution in [-0.4, -0.2) is 80.3 Å². The maximum Gasteiger partial charge on any atom is 0.410 e. The monoisotopic (exact) mass is 590 g/mol. The zero-order valence-electron chi connectivity index (χ0n) is 23.4. The highest BCUT2D eigenvalue weighted by atomic mass is 32.2. The number of hydrogen-bond acceptors (Lipinski definition) is 7. The van der Waals surface area contributed by atoms with Gasteiger partial charge in [0, 0.05) is 43.7 Å². The lowest BCUT2D eigenvalue weighted by atomic mass is 10.0. The van der Waals surface area contributed by atoms with Crippen LogP contribution in [0.1, 0.15) is 77.1 Å². The predicted molar refractivity (Wildman–Crippen MR) is 154 cm³/mol. The Hall–Kier alpha value is -2.96. The molecule has 10 nitrogen and oxygen atoms in total. The third kappa shape index (κ3) is 6.50. The van der Waals surface area contributed by atoms with E-state index in [1.165, 1.54) is 39.9 Å². The number of unbranched alkanes of at least 4 members (excludes halogenated alkanes) is 1. The van der Waals surface area contributed by atoms with E-state index in [9.17, 15) is 22.8 Å². The fraction of sp³-hybridized carbons (Fsp3) is 0.536. The molecule has 12 heteroatoms. The quantitative estimate of drug-likeness (QED) is 0.458. The molecule has 218 valence electrons. The van der Waals surface area contributed by atoms with E-state index in [2.05, 4.69) is 5.32 Å². The molecular formula is C28H38N4O6S2. The van der Waals surface area contributed by atoms with Gasteiger partial charge in [-0.15, -0.1) is 11.3 Å². The number of piperidine rings is 1. The smallest absolute Gasteiger partial charge is 0.410 e. The van der Waals surface area contributed by atoms with Gasteiger partial charge in [0.2, 0.25) is 10.0 Å². The van der Waals surface area contributed by atoms with Gasteiger partial charge in [-0.1, -0.05) is 13.3 Å². The molecule has 0 saturated carbocycles. The number of ether oxygens (including phenoxy) is 1. The van der Waals surface area contributed by atoms with E-state index in [0.29, 0.717) is 49.7 Å². The van der Waals surface area contributed by atoms with Crippen LogP contribution in [0.5, 0.6) is 0 Å². The zero-order valence-corrected chi connectivity index (χ0v) is 25.0. The van der Waals surface area contributed by atoms with Crippen molar-refractivity contribution in [2.45, 2.75) is 63.8 Å². The molecular weight excluding hydrogens is 552 g/mol. The Kier molecular flexibility index (Phi) is 9.85. The van der Waals surface area contributed by atoms with E-state index in [-0.39, 0.29) is 23.0 Å². The van der Waals surface area contributed by atoms with Gasteiger partial charge in [0.15, 0.2) is 0 Å². The molecule has 0 bridgehead atoms. The molecule has 2 aliphatic heterocycles. The Bertz CT molecular complexity index is 1330. The van der Waals surface area contributed by atoms with Crippen molar-refractivity contribution in [3.63, 3.8) is 0 Å². The number of carbonyl (C=O) groups excluding carboxylic acids is 3. The molecule has 1 N–H and O–H groups in total. The fourth-order valence-electron chi connectivity index (χ4n) is 4.98. The third-order valence-electron chi connectivity index (χ3n) is 7.32. The molecule has 4 rings (SSSR count). The highest BCUT2D eigenvalue weighted by Crippen LogP contribution is 2.39. The number of fused-ring (bicyclic) bond motifs is 1. The van der Waals surface area contributed by atoms with Crippen LogP contribution in [0.4, 0.5) is 9.80 Å². The molecule has 0 spiro atoms. The predicted octanol–water partition coefficient (Wildman–Crippen LogP) is 4.56. The molecule has 0 atom stereocenters. The van der Waals surface area contributed by atoms with Gasteiger partial charge in [-0.2, -0.15) is 0 Å². The van der Waals surface area contributed by atoms with Crippen molar-refractivity contribution in [3.05, 3.63) is 45.8 Å². The number of sulfonamides is 1. The summed E-state index contributed by atoms with van der Waals surface area (Å²) >= 11 is 1.30. The number of rotatable bonds is 9. The van der Waals surface area contributed by atoms with Gasteiger partial charge in [0.25, 0.3) is 11.8 Å². The standard InChI is InChI=1S/C28H38N4O6S2/c1-4-6-15-30(3)40(36,37)21-12-10-20(11-13-21)25(33)29-26-24(27(34)31-16-8-7-9-17-31)22-14-18-32(19-23(22)39-26)28(35)38-5-2/h10-13H,4-9,14-19H2,1-3H3,(H,29,33). The number of carbonyl (C=O) groups is 3. The largest absolute Gasteiger partial charge is 0.450 e. The highest BCUT2D eigenvalue weighted by molar-refractivity contribution is 7.89. The lowest BCUT2D eigenvalue weighted by molar-refractivity contribution is 0.0724. The Balaban J connectivity index is 1.58. The van der Waals surface area contributed by atoms with Gasteiger partial charge >= 0.3 is 6.09 Å². The average Bonchev–Trinajstić information content (AvgIpc) is 3.32. The van der Waals surface area contributed by atoms with Crippen molar-refractivity contribution in [2.75, 3.05) is 45.2 Å². The van der Waals surface area contributed by atoms with Crippen molar-refractivity contribution in [2.24, 2.45) is 0 Å². The van der Waals surface area contributed by atoms with Gasteiger partial charge in [-0.05, 0) is 68.9 Å². The number of hydrogen-bond donors (Lipinski definition) is 1. The van der Waals surface area contributed by atoms with E-state index in [1.54, 1.807) is 18.9 Å². The van der Waals surface area contributed by atoms with Crippen molar-refractivity contribution in [1.82, 2.24) is 14.1 Å². The summed E-state index contributed by atoms with van der Waals surface area (Å²) in [5, 5.41) is 3.37. The number of benzene rings is 1. The van der Waals surface area contributed by atoms with Gasteiger partial charge < -0.3 is 19.9 Å². The molecule has 0 aliphatic carbocycles. The highest BCUT2D eigenvalue weighted by Gasteiger charge is 2.33. The topological polar surface area (TPSA) is 116 Å². The Morgan fingerprint density at radius 2 is 1.73 bits per heavy atom. The normalized spacial score (nSPS) is 15.6. The summed E-state index contributed by atoms with van der Waals surface area (Å²) in [7, 11) is -2.10. The van der Waals surface area contributed by atoms with Crippen LogP contribution in [0.15, 0.2) is 29.2 Å². The summed E-state index contributed by atoms with van der Waals surface area (Å²) in [6, 6.07) is 5.84. The van der Waals surface area contributed by atoms with Gasteiger partial charge in [-0.25, -0.2) is 17.5 Å². The van der Waals surface area contributed by atoms with Gasteiger partial charge in [0.1, 0.15) is 5.00 Å². The van der Waals surface area contributed by atoms with E-state index in [0.717, 1.165) is 42.5 Å². The average molecular weight is 591 g/mol. The Labute approximate surface area is 240 Å². The minimum Gasteiger partial charge on any atom is -0.450 e. The van der Waals surface area contributed by atoms with Crippen molar-refractivity contribution in [3.8, 4) is 0 Å². The van der Waals surface area contributed by atoms with Crippen LogP contribution in [0.3, 0.4) is 0 Å². The summed E-state index contributed by atoms with van der Waals surface area (Å²) in [6.45, 7) is 6.55. The molecule has 1 fully saturated rings. The number of thiophene rings is 1. The zero-order chi connectivity index (χ0) is 28.9. The maximum absolute atomic E-state index is 13.7. The number of nitrogens with zero attached hydrogens (tertiary/aromatic N) is 3. The second-order valence-electron chi connectivity index (χ2n) is 10.1. The van der Waals surface area contributed by atoms with Crippen LogP contribution < -0.4 is 5.32 Å². The summed E-state index contributed by atoms with van der Waals surface area (Å²) in [6.07, 6.45) is 4.72. The molecule has 1 saturated heterocycles. The number of likely N-dealkylation sites (tertiary alicyclic amines) is 1. The lowest BCUT2D eigenvalue weighted by Gasteiger charge is -2.29. The first-order chi connectivity index (χ1) is 19.2. The van der Waals surface area contributed by atoms with Crippen LogP contribution in [-0.2, 0) is 27.7 Å². The van der Waals surface area contributed by atoms with Crippen LogP contribution in [0.2, 0.25) is 0 Å². The van der Waals surface area contributed by atoms with E-state index in [4.69, 9.17) is 4.74 Å². The van der Waals surface area contributed by atoms with E-state index >= 15 is 0 Å². The first kappa shape index (κ1) is 30.0. The summed E-state index contributed by atoms with van der Waals surface area (Å²) < 4.78 is 32.2. The first-order valence-electron chi connectivity index (χ1n) is 13.9. The van der Waals surface area contributed by atoms with E-state index in [1.807, 2.05) is 11.8 Å². The lowest BCUT2D eigenvalue weighted by Crippen LogP contribution is -2.38. The fourth-order valence-corrected chi connectivity index (χ4v) is 7.44. The molecule has 1 aromatic heterocycles. The summed E-state index contributed by atoms with van der Waals surface area (Å²) in [4.78, 5) is 43.8. The molecule has 0 radical (unpaired) electrons. The SMILES string of the molecule is CCCCN(C)S(=O)(=O)c1ccc(C(=O)Nc2sc3c(c2C(=O)N2CCCCC2)CCN(C(=O)OCC)C3)cc1. The maximum atomic E-state index is 13.7. The minimum atomic E-state index is -3.65. The van der Waals surface area contributed by atoms with Gasteiger partial charge in [0.05, 0.1) is 23.6 Å². The number of amides is 3. The molecule has 3 heterocycles. The molecule has 1 aromatic carbocycles. The molecule has 2 aromatic rings.